The average molecular weight is 373 g/mol. The average Bonchev–Trinajstić information content (AvgIpc) is 3.25. The lowest BCUT2D eigenvalue weighted by Gasteiger charge is -2.03. The molecule has 0 saturated heterocycles. The smallest absolute Gasteiger partial charge is 0.329 e. The largest absolute Gasteiger partial charge is 0.471 e. The number of nitrogens with zero attached hydrogens (tertiary/aromatic N) is 5. The molecule has 6 nitrogen and oxygen atoms in total. The molecule has 0 aliphatic heterocycles. The van der Waals surface area contributed by atoms with Crippen molar-refractivity contribution >= 4 is 28.4 Å². The van der Waals surface area contributed by atoms with Gasteiger partial charge in [0.2, 0.25) is 5.82 Å². The third kappa shape index (κ3) is 3.36. The van der Waals surface area contributed by atoms with E-state index >= 15 is 0 Å². The van der Waals surface area contributed by atoms with Crippen LogP contribution in [-0.2, 0) is 12.7 Å². The molecule has 3 rings (SSSR count). The molecule has 0 radical (unpaired) electrons. The topological polar surface area (TPSA) is 69.6 Å². The predicted octanol–water partition coefficient (Wildman–Crippen LogP) is 3.58. The number of alkyl halides is 3. The molecular weight excluding hydrogens is 363 g/mol. The van der Waals surface area contributed by atoms with Crippen LogP contribution in [0, 0.1) is 0 Å². The van der Waals surface area contributed by atoms with E-state index in [9.17, 15) is 13.2 Å². The van der Waals surface area contributed by atoms with E-state index in [1.807, 2.05) is 6.92 Å². The highest BCUT2D eigenvalue weighted by Crippen LogP contribution is 2.31. The van der Waals surface area contributed by atoms with E-state index in [0.717, 1.165) is 4.88 Å². The summed E-state index contributed by atoms with van der Waals surface area (Å²) in [6, 6.07) is 3.41. The maximum Gasteiger partial charge on any atom is 0.471 e. The zero-order valence-electron chi connectivity index (χ0n) is 12.2. The van der Waals surface area contributed by atoms with Crippen molar-refractivity contribution in [2.24, 2.45) is 0 Å². The van der Waals surface area contributed by atoms with E-state index in [0.29, 0.717) is 28.5 Å². The van der Waals surface area contributed by atoms with Crippen molar-refractivity contribution in [3.8, 4) is 10.7 Å². The first-order valence-electron chi connectivity index (χ1n) is 6.79. The molecule has 0 amide bonds. The van der Waals surface area contributed by atoms with Crippen LogP contribution in [-0.4, -0.2) is 29.8 Å². The normalized spacial score (nSPS) is 11.8. The molecule has 0 bridgehead atoms. The standard InChI is InChI=1S/C13H10F3N5OS2/c1-2-8(23)11-17-6-18-21(11)5-7-3-4-9(24-7)10-19-12(22-20-10)13(14,15)16/h3-4,6H,2,5H2,1H3. The van der Waals surface area contributed by atoms with Crippen LogP contribution in [0.25, 0.3) is 10.7 Å². The van der Waals surface area contributed by atoms with Gasteiger partial charge in [0.15, 0.2) is 5.82 Å². The molecule has 0 N–H and O–H groups in total. The van der Waals surface area contributed by atoms with Crippen LogP contribution >= 0.6 is 23.6 Å². The quantitative estimate of drug-likeness (QED) is 0.503. The Morgan fingerprint density at radius 3 is 2.83 bits per heavy atom. The lowest BCUT2D eigenvalue weighted by Crippen LogP contribution is -2.10. The Bertz CT molecular complexity index is 867. The summed E-state index contributed by atoms with van der Waals surface area (Å²) < 4.78 is 43.4. The summed E-state index contributed by atoms with van der Waals surface area (Å²) in [5.41, 5.74) is 0. The van der Waals surface area contributed by atoms with Crippen LogP contribution in [0.1, 0.15) is 29.9 Å². The van der Waals surface area contributed by atoms with Crippen LogP contribution in [0.5, 0.6) is 0 Å². The summed E-state index contributed by atoms with van der Waals surface area (Å²) >= 11 is 6.49. The number of hydrogen-bond acceptors (Lipinski definition) is 7. The van der Waals surface area contributed by atoms with Gasteiger partial charge in [0.1, 0.15) is 6.33 Å². The number of halogens is 3. The van der Waals surface area contributed by atoms with E-state index in [1.54, 1.807) is 16.8 Å². The van der Waals surface area contributed by atoms with Crippen LogP contribution in [0.2, 0.25) is 0 Å². The first-order valence-corrected chi connectivity index (χ1v) is 8.02. The third-order valence-corrected chi connectivity index (χ3v) is 4.58. The second-order valence-corrected chi connectivity index (χ2v) is 6.37. The van der Waals surface area contributed by atoms with Crippen molar-refractivity contribution in [2.75, 3.05) is 0 Å². The van der Waals surface area contributed by atoms with Gasteiger partial charge in [-0.2, -0.15) is 23.3 Å². The zero-order valence-corrected chi connectivity index (χ0v) is 13.9. The van der Waals surface area contributed by atoms with Crippen LogP contribution in [0.4, 0.5) is 13.2 Å². The summed E-state index contributed by atoms with van der Waals surface area (Å²) in [5, 5.41) is 7.50. The van der Waals surface area contributed by atoms with E-state index < -0.39 is 12.1 Å². The van der Waals surface area contributed by atoms with Crippen molar-refractivity contribution in [3.63, 3.8) is 0 Å². The molecule has 24 heavy (non-hydrogen) atoms. The van der Waals surface area contributed by atoms with Crippen molar-refractivity contribution in [1.82, 2.24) is 24.9 Å². The van der Waals surface area contributed by atoms with Gasteiger partial charge < -0.3 is 4.52 Å². The van der Waals surface area contributed by atoms with Crippen molar-refractivity contribution in [2.45, 2.75) is 26.1 Å². The highest BCUT2D eigenvalue weighted by molar-refractivity contribution is 7.80. The molecule has 0 unspecified atom stereocenters. The van der Waals surface area contributed by atoms with Gasteiger partial charge in [0, 0.05) is 4.88 Å². The molecular formula is C13H10F3N5OS2. The Balaban J connectivity index is 1.80. The number of thiophene rings is 1. The van der Waals surface area contributed by atoms with Crippen molar-refractivity contribution in [1.29, 1.82) is 0 Å². The highest BCUT2D eigenvalue weighted by atomic mass is 32.1. The molecule has 0 saturated carbocycles. The lowest BCUT2D eigenvalue weighted by atomic mass is 10.3. The minimum Gasteiger partial charge on any atom is -0.329 e. The predicted molar refractivity (Wildman–Crippen MR) is 83.7 cm³/mol. The number of aromatic nitrogens is 5. The minimum atomic E-state index is -4.66. The number of thiocarbonyl (C=S) groups is 1. The van der Waals surface area contributed by atoms with E-state index in [-0.39, 0.29) is 5.82 Å². The molecule has 0 spiro atoms. The lowest BCUT2D eigenvalue weighted by molar-refractivity contribution is -0.159. The van der Waals surface area contributed by atoms with E-state index in [1.165, 1.54) is 17.7 Å². The Morgan fingerprint density at radius 2 is 2.17 bits per heavy atom. The Morgan fingerprint density at radius 1 is 1.38 bits per heavy atom. The fourth-order valence-electron chi connectivity index (χ4n) is 1.92. The summed E-state index contributed by atoms with van der Waals surface area (Å²) in [7, 11) is 0. The molecule has 3 aromatic rings. The van der Waals surface area contributed by atoms with Crippen LogP contribution < -0.4 is 0 Å². The van der Waals surface area contributed by atoms with Gasteiger partial charge in [-0.05, 0) is 18.6 Å². The molecule has 0 aliphatic carbocycles. The highest BCUT2D eigenvalue weighted by Gasteiger charge is 2.38. The fourth-order valence-corrected chi connectivity index (χ4v) is 3.00. The van der Waals surface area contributed by atoms with Gasteiger partial charge in [-0.15, -0.1) is 11.3 Å². The summed E-state index contributed by atoms with van der Waals surface area (Å²) in [5.74, 6) is -0.845. The van der Waals surface area contributed by atoms with Crippen LogP contribution in [0.3, 0.4) is 0 Å². The number of rotatable bonds is 5. The van der Waals surface area contributed by atoms with E-state index in [4.69, 9.17) is 12.2 Å². The number of hydrogen-bond donors (Lipinski definition) is 0. The molecule has 0 atom stereocenters. The van der Waals surface area contributed by atoms with Crippen molar-refractivity contribution in [3.05, 3.63) is 35.1 Å². The first kappa shape index (κ1) is 16.7. The summed E-state index contributed by atoms with van der Waals surface area (Å²) in [6.45, 7) is 2.34. The fraction of sp³-hybridized carbons (Fsp3) is 0.308. The molecule has 0 aromatic carbocycles. The molecule has 11 heteroatoms. The Labute approximate surface area is 143 Å². The van der Waals surface area contributed by atoms with Gasteiger partial charge >= 0.3 is 12.1 Å². The van der Waals surface area contributed by atoms with Gasteiger partial charge in [-0.3, -0.25) is 0 Å². The second-order valence-electron chi connectivity index (χ2n) is 4.70. The summed E-state index contributed by atoms with van der Waals surface area (Å²) in [4.78, 5) is 9.53. The van der Waals surface area contributed by atoms with Gasteiger partial charge in [0.25, 0.3) is 0 Å². The second kappa shape index (κ2) is 6.40. The SMILES string of the molecule is CCC(=S)c1ncnn1Cc1ccc(-c2noc(C(F)(F)F)n2)s1. The summed E-state index contributed by atoms with van der Waals surface area (Å²) in [6.07, 6.45) is -2.57. The molecule has 126 valence electrons. The van der Waals surface area contributed by atoms with Gasteiger partial charge in [-0.1, -0.05) is 24.3 Å². The minimum absolute atomic E-state index is 0.0959. The molecule has 3 heterocycles. The third-order valence-electron chi connectivity index (χ3n) is 3.04. The molecule has 0 fully saturated rings. The van der Waals surface area contributed by atoms with E-state index in [2.05, 4.69) is 24.7 Å². The molecule has 3 aromatic heterocycles. The molecule has 0 aliphatic rings. The Kier molecular flexibility index (Phi) is 4.45. The Hall–Kier alpha value is -2.14. The monoisotopic (exact) mass is 373 g/mol. The maximum absolute atomic E-state index is 12.5. The van der Waals surface area contributed by atoms with Crippen molar-refractivity contribution < 1.29 is 17.7 Å². The maximum atomic E-state index is 12.5. The first-order chi connectivity index (χ1) is 11.4. The van der Waals surface area contributed by atoms with Crippen LogP contribution in [0.15, 0.2) is 23.0 Å². The van der Waals surface area contributed by atoms with Gasteiger partial charge in [-0.25, -0.2) is 9.67 Å². The van der Waals surface area contributed by atoms with Gasteiger partial charge in [0.05, 0.1) is 16.3 Å². The zero-order chi connectivity index (χ0) is 17.3.